The van der Waals surface area contributed by atoms with Crippen LogP contribution in [-0.4, -0.2) is 6.04 Å². The molecule has 3 heteroatoms. The molecular formula is C13H17Cl2N. The zero-order valence-electron chi connectivity index (χ0n) is 9.63. The summed E-state index contributed by atoms with van der Waals surface area (Å²) in [6.45, 7) is 4.52. The maximum absolute atomic E-state index is 6.20. The van der Waals surface area contributed by atoms with Crippen molar-refractivity contribution < 1.29 is 0 Å². The van der Waals surface area contributed by atoms with E-state index in [-0.39, 0.29) is 6.04 Å². The zero-order chi connectivity index (χ0) is 11.9. The Balaban J connectivity index is 2.06. The Bertz CT molecular complexity index is 401. The van der Waals surface area contributed by atoms with E-state index in [2.05, 4.69) is 13.8 Å². The third-order valence-corrected chi connectivity index (χ3v) is 4.17. The highest BCUT2D eigenvalue weighted by atomic mass is 35.5. The molecule has 0 amide bonds. The first kappa shape index (κ1) is 12.2. The van der Waals surface area contributed by atoms with Gasteiger partial charge in [-0.15, -0.1) is 0 Å². The number of rotatable bonds is 3. The zero-order valence-corrected chi connectivity index (χ0v) is 11.1. The van der Waals surface area contributed by atoms with E-state index in [1.807, 2.05) is 12.1 Å². The van der Waals surface area contributed by atoms with Crippen molar-refractivity contribution in [1.29, 1.82) is 0 Å². The molecule has 1 aromatic carbocycles. The average Bonchev–Trinajstić information content (AvgIpc) is 2.82. The highest BCUT2D eigenvalue weighted by Gasteiger charge is 2.48. The second kappa shape index (κ2) is 4.21. The molecule has 1 aliphatic carbocycles. The first-order chi connectivity index (χ1) is 7.40. The van der Waals surface area contributed by atoms with E-state index in [0.717, 1.165) is 22.0 Å². The van der Waals surface area contributed by atoms with E-state index >= 15 is 0 Å². The largest absolute Gasteiger partial charge is 0.327 e. The smallest absolute Gasteiger partial charge is 0.0439 e. The first-order valence-corrected chi connectivity index (χ1v) is 6.35. The van der Waals surface area contributed by atoms with Crippen LogP contribution in [0.15, 0.2) is 18.2 Å². The van der Waals surface area contributed by atoms with E-state index in [0.29, 0.717) is 11.3 Å². The minimum atomic E-state index is 0.186. The fraction of sp³-hybridized carbons (Fsp3) is 0.538. The fourth-order valence-corrected chi connectivity index (χ4v) is 2.72. The maximum atomic E-state index is 6.20. The lowest BCUT2D eigenvalue weighted by atomic mass is 9.98. The molecule has 0 aromatic heterocycles. The van der Waals surface area contributed by atoms with Crippen molar-refractivity contribution in [1.82, 2.24) is 0 Å². The molecule has 0 aliphatic heterocycles. The van der Waals surface area contributed by atoms with E-state index in [4.69, 9.17) is 28.9 Å². The van der Waals surface area contributed by atoms with Gasteiger partial charge in [0, 0.05) is 16.1 Å². The van der Waals surface area contributed by atoms with Crippen LogP contribution in [0.2, 0.25) is 10.0 Å². The quantitative estimate of drug-likeness (QED) is 0.873. The van der Waals surface area contributed by atoms with E-state index < -0.39 is 0 Å². The summed E-state index contributed by atoms with van der Waals surface area (Å²) in [5.41, 5.74) is 7.67. The number of nitrogens with two attached hydrogens (primary N) is 1. The van der Waals surface area contributed by atoms with Crippen LogP contribution in [0.25, 0.3) is 0 Å². The molecule has 1 aromatic rings. The van der Waals surface area contributed by atoms with Crippen molar-refractivity contribution in [2.24, 2.45) is 17.1 Å². The Hall–Kier alpha value is -0.240. The third-order valence-electron chi connectivity index (χ3n) is 3.57. The normalized spacial score (nSPS) is 24.2. The van der Waals surface area contributed by atoms with Gasteiger partial charge in [0.15, 0.2) is 0 Å². The molecule has 0 bridgehead atoms. The van der Waals surface area contributed by atoms with Crippen LogP contribution in [0.3, 0.4) is 0 Å². The summed E-state index contributed by atoms with van der Waals surface area (Å²) in [5.74, 6) is 0.613. The molecule has 2 N–H and O–H groups in total. The summed E-state index contributed by atoms with van der Waals surface area (Å²) in [4.78, 5) is 0. The standard InChI is InChI=1S/C13H17Cl2N/c1-13(2)7-10(13)12(16)6-8-5-9(14)3-4-11(8)15/h3-5,10,12H,6-7,16H2,1-2H3. The first-order valence-electron chi connectivity index (χ1n) is 5.59. The Morgan fingerprint density at radius 3 is 2.62 bits per heavy atom. The SMILES string of the molecule is CC1(C)CC1C(N)Cc1cc(Cl)ccc1Cl. The highest BCUT2D eigenvalue weighted by molar-refractivity contribution is 6.33. The van der Waals surface area contributed by atoms with E-state index in [1.54, 1.807) is 6.07 Å². The summed E-state index contributed by atoms with van der Waals surface area (Å²) in [7, 11) is 0. The van der Waals surface area contributed by atoms with Crippen molar-refractivity contribution in [3.8, 4) is 0 Å². The van der Waals surface area contributed by atoms with Gasteiger partial charge in [-0.1, -0.05) is 37.0 Å². The van der Waals surface area contributed by atoms with Crippen LogP contribution < -0.4 is 5.73 Å². The van der Waals surface area contributed by atoms with Crippen LogP contribution >= 0.6 is 23.2 Å². The predicted molar refractivity (Wildman–Crippen MR) is 70.0 cm³/mol. The van der Waals surface area contributed by atoms with E-state index in [1.165, 1.54) is 6.42 Å². The maximum Gasteiger partial charge on any atom is 0.0439 e. The van der Waals surface area contributed by atoms with Crippen LogP contribution in [0, 0.1) is 11.3 Å². The topological polar surface area (TPSA) is 26.0 Å². The van der Waals surface area contributed by atoms with Gasteiger partial charge in [-0.05, 0) is 47.9 Å². The molecule has 1 fully saturated rings. The molecule has 2 unspecified atom stereocenters. The van der Waals surface area contributed by atoms with Gasteiger partial charge in [0.1, 0.15) is 0 Å². The van der Waals surface area contributed by atoms with Crippen molar-refractivity contribution in [3.63, 3.8) is 0 Å². The van der Waals surface area contributed by atoms with Crippen LogP contribution in [0.1, 0.15) is 25.8 Å². The summed E-state index contributed by atoms with van der Waals surface area (Å²) < 4.78 is 0. The van der Waals surface area contributed by atoms with Gasteiger partial charge in [-0.3, -0.25) is 0 Å². The molecular weight excluding hydrogens is 241 g/mol. The molecule has 0 spiro atoms. The number of benzene rings is 1. The molecule has 0 saturated heterocycles. The Kier molecular flexibility index (Phi) is 3.22. The Morgan fingerprint density at radius 1 is 1.44 bits per heavy atom. The molecule has 1 aliphatic rings. The fourth-order valence-electron chi connectivity index (χ4n) is 2.33. The second-order valence-corrected chi connectivity index (χ2v) is 6.25. The minimum absolute atomic E-state index is 0.186. The third kappa shape index (κ3) is 2.53. The molecule has 1 saturated carbocycles. The van der Waals surface area contributed by atoms with Gasteiger partial charge >= 0.3 is 0 Å². The monoisotopic (exact) mass is 257 g/mol. The van der Waals surface area contributed by atoms with Gasteiger partial charge in [0.2, 0.25) is 0 Å². The van der Waals surface area contributed by atoms with Crippen LogP contribution in [0.5, 0.6) is 0 Å². The molecule has 2 atom stereocenters. The van der Waals surface area contributed by atoms with Gasteiger partial charge in [0.25, 0.3) is 0 Å². The second-order valence-electron chi connectivity index (χ2n) is 5.40. The Morgan fingerprint density at radius 2 is 2.06 bits per heavy atom. The minimum Gasteiger partial charge on any atom is -0.327 e. The number of hydrogen-bond acceptors (Lipinski definition) is 1. The Labute approximate surface area is 107 Å². The molecule has 2 rings (SSSR count). The summed E-state index contributed by atoms with van der Waals surface area (Å²) >= 11 is 12.1. The van der Waals surface area contributed by atoms with Gasteiger partial charge < -0.3 is 5.73 Å². The molecule has 0 radical (unpaired) electrons. The van der Waals surface area contributed by atoms with Gasteiger partial charge in [0.05, 0.1) is 0 Å². The van der Waals surface area contributed by atoms with Crippen LogP contribution in [-0.2, 0) is 6.42 Å². The van der Waals surface area contributed by atoms with Crippen molar-refractivity contribution in [2.75, 3.05) is 0 Å². The number of hydrogen-bond donors (Lipinski definition) is 1. The van der Waals surface area contributed by atoms with Crippen molar-refractivity contribution in [2.45, 2.75) is 32.7 Å². The molecule has 16 heavy (non-hydrogen) atoms. The van der Waals surface area contributed by atoms with E-state index in [9.17, 15) is 0 Å². The molecule has 0 heterocycles. The van der Waals surface area contributed by atoms with Gasteiger partial charge in [-0.25, -0.2) is 0 Å². The molecule has 88 valence electrons. The average molecular weight is 258 g/mol. The van der Waals surface area contributed by atoms with Crippen molar-refractivity contribution >= 4 is 23.2 Å². The summed E-state index contributed by atoms with van der Waals surface area (Å²) in [6.07, 6.45) is 2.03. The summed E-state index contributed by atoms with van der Waals surface area (Å²) in [5, 5.41) is 1.49. The highest BCUT2D eigenvalue weighted by Crippen LogP contribution is 2.53. The van der Waals surface area contributed by atoms with Gasteiger partial charge in [-0.2, -0.15) is 0 Å². The van der Waals surface area contributed by atoms with Crippen molar-refractivity contribution in [3.05, 3.63) is 33.8 Å². The predicted octanol–water partition coefficient (Wildman–Crippen LogP) is 3.91. The lowest BCUT2D eigenvalue weighted by Gasteiger charge is -2.14. The lowest BCUT2D eigenvalue weighted by Crippen LogP contribution is -2.27. The number of halogens is 2. The molecule has 1 nitrogen and oxygen atoms in total. The lowest BCUT2D eigenvalue weighted by molar-refractivity contribution is 0.476. The van der Waals surface area contributed by atoms with Crippen LogP contribution in [0.4, 0.5) is 0 Å². The summed E-state index contributed by atoms with van der Waals surface area (Å²) in [6, 6.07) is 5.74.